The van der Waals surface area contributed by atoms with Crippen LogP contribution in [0.3, 0.4) is 0 Å². The minimum absolute atomic E-state index is 0.000701. The summed E-state index contributed by atoms with van der Waals surface area (Å²) in [5.41, 5.74) is 12.9. The lowest BCUT2D eigenvalue weighted by Gasteiger charge is -2.47. The molecule has 5 heterocycles. The summed E-state index contributed by atoms with van der Waals surface area (Å²) in [5.74, 6) is -2.37. The molecule has 0 unspecified atom stereocenters. The van der Waals surface area contributed by atoms with Crippen LogP contribution in [0, 0.1) is 34.2 Å². The smallest absolute Gasteiger partial charge is 0.316 e. The van der Waals surface area contributed by atoms with Crippen molar-refractivity contribution >= 4 is 54.7 Å². The predicted octanol–water partition coefficient (Wildman–Crippen LogP) is 6.84. The number of fused-ring (bicyclic) bond motifs is 2. The van der Waals surface area contributed by atoms with Crippen LogP contribution < -0.4 is 11.5 Å². The summed E-state index contributed by atoms with van der Waals surface area (Å²) in [6.45, 7) is 0.571. The highest BCUT2D eigenvalue weighted by atomic mass is 32.2. The van der Waals surface area contributed by atoms with Crippen LogP contribution in [-0.2, 0) is 43.5 Å². The number of aromatic nitrogens is 7. The molecule has 19 nitrogen and oxygen atoms in total. The van der Waals surface area contributed by atoms with Crippen LogP contribution in [0.4, 0.5) is 29.2 Å². The molecule has 0 radical (unpaired) electrons. The Balaban J connectivity index is 0.000000207. The highest BCUT2D eigenvalue weighted by Gasteiger charge is 2.53. The molecule has 5 aromatic heterocycles. The van der Waals surface area contributed by atoms with Crippen LogP contribution in [0.5, 0.6) is 0 Å². The number of ketones is 1. The molecule has 0 spiro atoms. The third-order valence-electron chi connectivity index (χ3n) is 14.1. The van der Waals surface area contributed by atoms with Crippen LogP contribution in [-0.4, -0.2) is 110 Å². The van der Waals surface area contributed by atoms with Gasteiger partial charge in [0.15, 0.2) is 27.3 Å². The van der Waals surface area contributed by atoms with Gasteiger partial charge in [-0.1, -0.05) is 11.1 Å². The molecule has 77 heavy (non-hydrogen) atoms. The van der Waals surface area contributed by atoms with Gasteiger partial charge in [0.05, 0.1) is 59.4 Å². The monoisotopic (exact) mass is 1100 g/mol. The number of rotatable bonds is 14. The van der Waals surface area contributed by atoms with Crippen molar-refractivity contribution in [2.75, 3.05) is 25.6 Å². The zero-order chi connectivity index (χ0) is 55.3. The number of carbonyl (C=O) groups is 2. The number of aliphatic imine (C=N–C) groups is 2. The first-order chi connectivity index (χ1) is 36.7. The summed E-state index contributed by atoms with van der Waals surface area (Å²) in [5, 5.41) is 7.91. The molecule has 2 fully saturated rings. The van der Waals surface area contributed by atoms with E-state index in [4.69, 9.17) is 16.2 Å². The molecule has 406 valence electrons. The minimum Gasteiger partial charge on any atom is -0.465 e. The Kier molecular flexibility index (Phi) is 16.6. The van der Waals surface area contributed by atoms with Gasteiger partial charge in [-0.15, -0.1) is 0 Å². The molecule has 4 N–H and O–H groups in total. The fourth-order valence-corrected chi connectivity index (χ4v) is 13.8. The topological polar surface area (TPSA) is 266 Å². The number of hydrogen-bond donors (Lipinski definition) is 2. The number of nitrogens with two attached hydrogens (primary N) is 2. The van der Waals surface area contributed by atoms with Crippen LogP contribution in [0.25, 0.3) is 0 Å². The van der Waals surface area contributed by atoms with Gasteiger partial charge in [0.2, 0.25) is 10.0 Å². The van der Waals surface area contributed by atoms with Crippen molar-refractivity contribution in [2.24, 2.45) is 52.3 Å². The summed E-state index contributed by atoms with van der Waals surface area (Å²) >= 11 is 0. The zero-order valence-electron chi connectivity index (χ0n) is 42.3. The van der Waals surface area contributed by atoms with Gasteiger partial charge in [-0.25, -0.2) is 54.4 Å². The largest absolute Gasteiger partial charge is 0.465 e. The molecule has 0 aromatic carbocycles. The van der Waals surface area contributed by atoms with Gasteiger partial charge in [0.25, 0.3) is 0 Å². The van der Waals surface area contributed by atoms with E-state index in [1.54, 1.807) is 27.1 Å². The molecule has 0 saturated heterocycles. The Bertz CT molecular complexity index is 3470. The van der Waals surface area contributed by atoms with E-state index in [-0.39, 0.29) is 71.7 Å². The fourth-order valence-electron chi connectivity index (χ4n) is 10.5. The van der Waals surface area contributed by atoms with Crippen molar-refractivity contribution in [3.05, 3.63) is 150 Å². The van der Waals surface area contributed by atoms with Crippen molar-refractivity contribution in [3.8, 4) is 0 Å². The first kappa shape index (κ1) is 55.7. The molecule has 25 heteroatoms. The molecule has 0 aliphatic heterocycles. The number of sulfone groups is 1. The van der Waals surface area contributed by atoms with E-state index in [1.807, 2.05) is 6.08 Å². The second-order valence-corrected chi connectivity index (χ2v) is 23.0. The standard InChI is InChI=1S/C28H28F3N7O3S.C24H28FN5O4S/c1-37-17-23(16-35-37)42(40,41)38(9-7-29)22-4-2-19-10-24(36-26-5-3-21(31)15-34-26)18(14-32)12-28(19,13-22)27(39)25-11-20(30)6-8-33-25;1-3-34-23(31)24-9-16(15-35(32,33)20-13-28-30(2)14-20)4-5-18(24)8-21(17(10-24)11-26)29-22-7-6-19(25)12-27-22/h3,5-6,8,10-11,14-17,22H,2,4,7,9,12-13,32H2,1H3;6-8,11-14,16H,3-5,9-10,15,26H2,1-2H3/t22-,28-;16-,24+/m00/s1. The fraction of sp³-hybridized carbons (Fsp3) is 0.365. The second-order valence-electron chi connectivity index (χ2n) is 19.1. The first-order valence-electron chi connectivity index (χ1n) is 24.5. The van der Waals surface area contributed by atoms with Crippen LogP contribution in [0.1, 0.15) is 68.8 Å². The summed E-state index contributed by atoms with van der Waals surface area (Å²) in [4.78, 5) is 48.7. The van der Waals surface area contributed by atoms with Crippen LogP contribution >= 0.6 is 0 Å². The number of halogens is 4. The zero-order valence-corrected chi connectivity index (χ0v) is 43.9. The van der Waals surface area contributed by atoms with E-state index in [2.05, 4.69) is 35.1 Å². The number of carbonyl (C=O) groups excluding carboxylic acids is 2. The number of Topliss-reactive ketones (excluding diaryl/α,β-unsaturated/α-hetero) is 1. The number of nitrogens with zero attached hydrogens (tertiary/aromatic N) is 10. The van der Waals surface area contributed by atoms with Gasteiger partial charge in [-0.2, -0.15) is 14.5 Å². The summed E-state index contributed by atoms with van der Waals surface area (Å²) < 4.78 is 117. The maximum atomic E-state index is 14.2. The number of sulfonamides is 1. The third kappa shape index (κ3) is 11.9. The van der Waals surface area contributed by atoms with Crippen molar-refractivity contribution in [1.29, 1.82) is 0 Å². The van der Waals surface area contributed by atoms with Crippen molar-refractivity contribution in [2.45, 2.75) is 74.1 Å². The Morgan fingerprint density at radius 1 is 0.779 bits per heavy atom. The lowest BCUT2D eigenvalue weighted by Crippen LogP contribution is -2.51. The molecule has 5 aromatic rings. The average molecular weight is 1100 g/mol. The summed E-state index contributed by atoms with van der Waals surface area (Å²) in [6.07, 6.45) is 17.0. The lowest BCUT2D eigenvalue weighted by molar-refractivity contribution is -0.155. The maximum absolute atomic E-state index is 14.2. The molecule has 2 saturated carbocycles. The van der Waals surface area contributed by atoms with E-state index in [0.717, 1.165) is 34.4 Å². The highest BCUT2D eigenvalue weighted by molar-refractivity contribution is 7.91. The number of alkyl halides is 1. The van der Waals surface area contributed by atoms with Crippen LogP contribution in [0.15, 0.2) is 146 Å². The number of aryl methyl sites for hydroxylation is 2. The molecule has 0 amide bonds. The van der Waals surface area contributed by atoms with Crippen molar-refractivity contribution in [1.82, 2.24) is 38.8 Å². The quantitative estimate of drug-likeness (QED) is 0.0655. The van der Waals surface area contributed by atoms with Gasteiger partial charge in [0, 0.05) is 51.3 Å². The molecule has 0 bridgehead atoms. The average Bonchev–Trinajstić information content (AvgIpc) is 4.09. The number of hydrogen-bond acceptors (Lipinski definition) is 16. The Labute approximate surface area is 442 Å². The van der Waals surface area contributed by atoms with Gasteiger partial charge in [0.1, 0.15) is 39.6 Å². The third-order valence-corrected chi connectivity index (χ3v) is 17.9. The normalized spacial score (nSPS) is 23.7. The Morgan fingerprint density at radius 3 is 1.87 bits per heavy atom. The number of esters is 1. The summed E-state index contributed by atoms with van der Waals surface area (Å²) in [7, 11) is -4.52. The van der Waals surface area contributed by atoms with E-state index >= 15 is 0 Å². The van der Waals surface area contributed by atoms with E-state index in [1.165, 1.54) is 77.0 Å². The van der Waals surface area contributed by atoms with E-state index in [0.29, 0.717) is 53.2 Å². The van der Waals surface area contributed by atoms with E-state index in [9.17, 15) is 44.0 Å². The first-order valence-corrected chi connectivity index (χ1v) is 27.6. The Hall–Kier alpha value is -7.51. The molecule has 4 atom stereocenters. The van der Waals surface area contributed by atoms with Gasteiger partial charge in [-0.3, -0.25) is 23.9 Å². The molecule has 9 rings (SSSR count). The molecule has 4 aliphatic rings. The number of pyridine rings is 3. The molecular formula is C52H56F4N12O7S2. The van der Waals surface area contributed by atoms with E-state index < -0.39 is 79.2 Å². The van der Waals surface area contributed by atoms with Gasteiger partial charge >= 0.3 is 5.97 Å². The molecule has 4 aliphatic carbocycles. The van der Waals surface area contributed by atoms with Crippen LogP contribution in [0.2, 0.25) is 0 Å². The van der Waals surface area contributed by atoms with Gasteiger partial charge in [-0.05, 0) is 130 Å². The molecular weight excluding hydrogens is 1040 g/mol. The Morgan fingerprint density at radius 2 is 1.35 bits per heavy atom. The summed E-state index contributed by atoms with van der Waals surface area (Å²) in [6, 6.07) is 6.70. The highest BCUT2D eigenvalue weighted by Crippen LogP contribution is 2.53. The maximum Gasteiger partial charge on any atom is 0.316 e. The second kappa shape index (κ2) is 23.0. The van der Waals surface area contributed by atoms with Crippen molar-refractivity contribution in [3.63, 3.8) is 0 Å². The van der Waals surface area contributed by atoms with Gasteiger partial charge < -0.3 is 16.2 Å². The predicted molar refractivity (Wildman–Crippen MR) is 276 cm³/mol. The number of allylic oxidation sites excluding steroid dienone is 5. The minimum atomic E-state index is -4.18. The SMILES string of the molecule is CCOC(=O)[C@]12CC(=CN)C(=Nc3ccc(F)cn3)C=C1CC[C@H](CS(=O)(=O)c1cnn(C)c1)C2.Cn1cc(S(=O)(=O)N(CCF)[C@H]2CCC3=CC(=Nc4ccc(F)cn4)C(=CN)C[C@]3(C(=O)c3cc(F)ccn3)C2)cn1. The lowest BCUT2D eigenvalue weighted by atomic mass is 9.59. The number of ether oxygens (including phenoxy) is 1. The van der Waals surface area contributed by atoms with Crippen molar-refractivity contribution < 1.29 is 48.7 Å².